The van der Waals surface area contributed by atoms with Crippen LogP contribution in [0, 0.1) is 0 Å². The van der Waals surface area contributed by atoms with Crippen molar-refractivity contribution in [2.45, 2.75) is 51.5 Å². The fourth-order valence-corrected chi connectivity index (χ4v) is 2.80. The molecule has 0 bridgehead atoms. The highest BCUT2D eigenvalue weighted by molar-refractivity contribution is 5.23. The smallest absolute Gasteiger partial charge is 0.137 e. The van der Waals surface area contributed by atoms with Crippen molar-refractivity contribution in [2.75, 3.05) is 6.54 Å². The van der Waals surface area contributed by atoms with Gasteiger partial charge in [0.15, 0.2) is 0 Å². The third-order valence-electron chi connectivity index (χ3n) is 3.92. The number of nitrogens with one attached hydrogen (secondary N) is 2. The normalized spacial score (nSPS) is 13.3. The monoisotopic (exact) mass is 286 g/mol. The van der Waals surface area contributed by atoms with Gasteiger partial charge in [-0.15, -0.1) is 0 Å². The van der Waals surface area contributed by atoms with E-state index in [-0.39, 0.29) is 5.41 Å². The van der Waals surface area contributed by atoms with Gasteiger partial charge in [-0.25, -0.2) is 4.98 Å². The lowest BCUT2D eigenvalue weighted by molar-refractivity contribution is 0.387. The highest BCUT2D eigenvalue weighted by Gasteiger charge is 2.22. The van der Waals surface area contributed by atoms with Crippen molar-refractivity contribution < 1.29 is 0 Å². The first kappa shape index (κ1) is 15.7. The van der Waals surface area contributed by atoms with Crippen LogP contribution in [-0.2, 0) is 11.8 Å². The van der Waals surface area contributed by atoms with Crippen LogP contribution < -0.4 is 5.32 Å². The van der Waals surface area contributed by atoms with E-state index in [4.69, 9.17) is 0 Å². The second kappa shape index (κ2) is 7.36. The SMILES string of the molecule is CC(CC(C)(C)c1ccccc1)NCCCc1ncn[nH]1. The Hall–Kier alpha value is -1.68. The van der Waals surface area contributed by atoms with Gasteiger partial charge >= 0.3 is 0 Å². The molecule has 0 aliphatic carbocycles. The molecule has 0 saturated carbocycles. The average molecular weight is 286 g/mol. The molecule has 1 aromatic carbocycles. The number of hydrogen-bond donors (Lipinski definition) is 2. The van der Waals surface area contributed by atoms with E-state index in [9.17, 15) is 0 Å². The van der Waals surface area contributed by atoms with Crippen molar-refractivity contribution >= 4 is 0 Å². The molecule has 1 heterocycles. The predicted molar refractivity (Wildman–Crippen MR) is 86.3 cm³/mol. The molecule has 2 aromatic rings. The summed E-state index contributed by atoms with van der Waals surface area (Å²) in [7, 11) is 0. The molecule has 2 rings (SSSR count). The zero-order chi connectivity index (χ0) is 15.1. The zero-order valence-electron chi connectivity index (χ0n) is 13.3. The quantitative estimate of drug-likeness (QED) is 0.733. The van der Waals surface area contributed by atoms with Crippen LogP contribution in [-0.4, -0.2) is 27.8 Å². The summed E-state index contributed by atoms with van der Waals surface area (Å²) in [6.07, 6.45) is 4.71. The number of nitrogens with zero attached hydrogens (tertiary/aromatic N) is 2. The van der Waals surface area contributed by atoms with E-state index in [0.717, 1.165) is 31.6 Å². The third kappa shape index (κ3) is 4.97. The number of benzene rings is 1. The summed E-state index contributed by atoms with van der Waals surface area (Å²) < 4.78 is 0. The first-order chi connectivity index (χ1) is 10.1. The minimum absolute atomic E-state index is 0.193. The molecule has 4 nitrogen and oxygen atoms in total. The lowest BCUT2D eigenvalue weighted by Crippen LogP contribution is -2.34. The Morgan fingerprint density at radius 1 is 1.24 bits per heavy atom. The van der Waals surface area contributed by atoms with Crippen molar-refractivity contribution in [3.63, 3.8) is 0 Å². The fraction of sp³-hybridized carbons (Fsp3) is 0.529. The highest BCUT2D eigenvalue weighted by atomic mass is 15.2. The molecule has 2 N–H and O–H groups in total. The van der Waals surface area contributed by atoms with Gasteiger partial charge in [0.1, 0.15) is 12.2 Å². The molecular formula is C17H26N4. The lowest BCUT2D eigenvalue weighted by Gasteiger charge is -2.29. The van der Waals surface area contributed by atoms with Crippen LogP contribution >= 0.6 is 0 Å². The zero-order valence-corrected chi connectivity index (χ0v) is 13.3. The van der Waals surface area contributed by atoms with Crippen LogP contribution in [0.15, 0.2) is 36.7 Å². The van der Waals surface area contributed by atoms with Gasteiger partial charge in [0.05, 0.1) is 0 Å². The third-order valence-corrected chi connectivity index (χ3v) is 3.92. The summed E-state index contributed by atoms with van der Waals surface area (Å²) in [5.74, 6) is 0.967. The number of aryl methyl sites for hydroxylation is 1. The first-order valence-corrected chi connectivity index (χ1v) is 7.71. The van der Waals surface area contributed by atoms with Crippen LogP contribution in [0.2, 0.25) is 0 Å². The van der Waals surface area contributed by atoms with E-state index in [2.05, 4.69) is 71.6 Å². The van der Waals surface area contributed by atoms with Crippen molar-refractivity contribution in [2.24, 2.45) is 0 Å². The maximum absolute atomic E-state index is 4.14. The van der Waals surface area contributed by atoms with E-state index >= 15 is 0 Å². The minimum atomic E-state index is 0.193. The van der Waals surface area contributed by atoms with Gasteiger partial charge < -0.3 is 5.32 Å². The van der Waals surface area contributed by atoms with E-state index in [0.29, 0.717) is 6.04 Å². The van der Waals surface area contributed by atoms with Crippen molar-refractivity contribution in [3.8, 4) is 0 Å². The summed E-state index contributed by atoms with van der Waals surface area (Å²) in [6.45, 7) is 7.90. The lowest BCUT2D eigenvalue weighted by atomic mass is 9.79. The Labute approximate surface area is 127 Å². The van der Waals surface area contributed by atoms with Gasteiger partial charge in [-0.05, 0) is 37.3 Å². The minimum Gasteiger partial charge on any atom is -0.314 e. The Kier molecular flexibility index (Phi) is 5.51. The van der Waals surface area contributed by atoms with Crippen molar-refractivity contribution in [1.29, 1.82) is 0 Å². The molecule has 0 aliphatic rings. The summed E-state index contributed by atoms with van der Waals surface area (Å²) in [6, 6.07) is 11.2. The Morgan fingerprint density at radius 3 is 2.67 bits per heavy atom. The van der Waals surface area contributed by atoms with Crippen LogP contribution in [0.4, 0.5) is 0 Å². The van der Waals surface area contributed by atoms with Crippen LogP contribution in [0.25, 0.3) is 0 Å². The summed E-state index contributed by atoms with van der Waals surface area (Å²) >= 11 is 0. The van der Waals surface area contributed by atoms with Gasteiger partial charge in [-0.3, -0.25) is 5.10 Å². The van der Waals surface area contributed by atoms with Gasteiger partial charge in [-0.1, -0.05) is 44.2 Å². The number of H-pyrrole nitrogens is 1. The fourth-order valence-electron chi connectivity index (χ4n) is 2.80. The number of aromatic amines is 1. The molecule has 0 spiro atoms. The van der Waals surface area contributed by atoms with Crippen LogP contribution in [0.1, 0.15) is 45.0 Å². The molecule has 1 unspecified atom stereocenters. The summed E-state index contributed by atoms with van der Waals surface area (Å²) in [5, 5.41) is 10.4. The molecule has 0 fully saturated rings. The van der Waals surface area contributed by atoms with E-state index < -0.39 is 0 Å². The molecule has 0 amide bonds. The molecule has 0 saturated heterocycles. The van der Waals surface area contributed by atoms with Gasteiger partial charge in [0.25, 0.3) is 0 Å². The topological polar surface area (TPSA) is 53.6 Å². The van der Waals surface area contributed by atoms with Crippen molar-refractivity contribution in [3.05, 3.63) is 48.0 Å². The summed E-state index contributed by atoms with van der Waals surface area (Å²) in [5.41, 5.74) is 1.60. The Bertz CT molecular complexity index is 505. The Morgan fingerprint density at radius 2 is 2.00 bits per heavy atom. The molecule has 114 valence electrons. The molecular weight excluding hydrogens is 260 g/mol. The standard InChI is InChI=1S/C17H26N4/c1-14(18-11-7-10-16-19-13-20-21-16)12-17(2,3)15-8-5-4-6-9-15/h4-6,8-9,13-14,18H,7,10-12H2,1-3H3,(H,19,20,21). The molecule has 0 aliphatic heterocycles. The number of rotatable bonds is 8. The largest absolute Gasteiger partial charge is 0.314 e. The summed E-state index contributed by atoms with van der Waals surface area (Å²) in [4.78, 5) is 4.14. The highest BCUT2D eigenvalue weighted by Crippen LogP contribution is 2.28. The molecule has 21 heavy (non-hydrogen) atoms. The van der Waals surface area contributed by atoms with Crippen molar-refractivity contribution in [1.82, 2.24) is 20.5 Å². The molecule has 1 atom stereocenters. The van der Waals surface area contributed by atoms with Crippen LogP contribution in [0.5, 0.6) is 0 Å². The van der Waals surface area contributed by atoms with Gasteiger partial charge in [-0.2, -0.15) is 5.10 Å². The van der Waals surface area contributed by atoms with E-state index in [1.807, 2.05) is 0 Å². The second-order valence-electron chi connectivity index (χ2n) is 6.34. The maximum atomic E-state index is 4.14. The number of aromatic nitrogens is 3. The van der Waals surface area contributed by atoms with Gasteiger partial charge in [0.2, 0.25) is 0 Å². The second-order valence-corrected chi connectivity index (χ2v) is 6.34. The predicted octanol–water partition coefficient (Wildman–Crippen LogP) is 3.08. The average Bonchev–Trinajstić information content (AvgIpc) is 2.97. The van der Waals surface area contributed by atoms with Gasteiger partial charge in [0, 0.05) is 12.5 Å². The first-order valence-electron chi connectivity index (χ1n) is 7.71. The Balaban J connectivity index is 1.72. The molecule has 4 heteroatoms. The van der Waals surface area contributed by atoms with E-state index in [1.54, 1.807) is 6.33 Å². The molecule has 0 radical (unpaired) electrons. The molecule has 1 aromatic heterocycles. The number of hydrogen-bond acceptors (Lipinski definition) is 3. The maximum Gasteiger partial charge on any atom is 0.137 e. The van der Waals surface area contributed by atoms with Crippen LogP contribution in [0.3, 0.4) is 0 Å². The van der Waals surface area contributed by atoms with E-state index in [1.165, 1.54) is 5.56 Å².